The highest BCUT2D eigenvalue weighted by molar-refractivity contribution is 9.10. The molecule has 25 heavy (non-hydrogen) atoms. The molecule has 4 rings (SSSR count). The predicted octanol–water partition coefficient (Wildman–Crippen LogP) is 6.55. The lowest BCUT2D eigenvalue weighted by atomic mass is 9.95. The molecule has 0 aliphatic heterocycles. The van der Waals surface area contributed by atoms with Gasteiger partial charge in [0.25, 0.3) is 0 Å². The maximum absolute atomic E-state index is 13.9. The average molecular weight is 399 g/mol. The Labute approximate surface area is 155 Å². The maximum atomic E-state index is 13.9. The van der Waals surface area contributed by atoms with E-state index in [-0.39, 0.29) is 5.82 Å². The molecule has 0 saturated heterocycles. The van der Waals surface area contributed by atoms with Crippen LogP contribution in [0.4, 0.5) is 10.2 Å². The van der Waals surface area contributed by atoms with Crippen LogP contribution in [0, 0.1) is 5.82 Å². The minimum atomic E-state index is -0.236. The van der Waals surface area contributed by atoms with Gasteiger partial charge in [-0.1, -0.05) is 55.7 Å². The van der Waals surface area contributed by atoms with E-state index in [1.165, 1.54) is 25.3 Å². The molecule has 0 atom stereocenters. The summed E-state index contributed by atoms with van der Waals surface area (Å²) in [6.07, 6.45) is 6.08. The first-order chi connectivity index (χ1) is 12.2. The minimum absolute atomic E-state index is 0.236. The number of anilines is 1. The summed E-state index contributed by atoms with van der Waals surface area (Å²) in [7, 11) is 0. The normalized spacial score (nSPS) is 15.4. The van der Waals surface area contributed by atoms with Gasteiger partial charge in [-0.05, 0) is 40.9 Å². The Hall–Kier alpha value is -1.94. The van der Waals surface area contributed by atoms with Crippen LogP contribution in [0.2, 0.25) is 0 Å². The van der Waals surface area contributed by atoms with Crippen molar-refractivity contribution in [1.29, 1.82) is 0 Å². The fourth-order valence-electron chi connectivity index (χ4n) is 3.59. The van der Waals surface area contributed by atoms with E-state index in [0.29, 0.717) is 6.04 Å². The number of nitrogens with zero attached hydrogens (tertiary/aromatic N) is 1. The average Bonchev–Trinajstić information content (AvgIpc) is 2.65. The molecule has 1 aromatic heterocycles. The molecule has 3 aromatic rings. The third-order valence-corrected chi connectivity index (χ3v) is 5.70. The second kappa shape index (κ2) is 7.12. The third-order valence-electron chi connectivity index (χ3n) is 4.90. The zero-order chi connectivity index (χ0) is 17.2. The summed E-state index contributed by atoms with van der Waals surface area (Å²) in [6.45, 7) is 0. The van der Waals surface area contributed by atoms with E-state index in [4.69, 9.17) is 4.98 Å². The van der Waals surface area contributed by atoms with Crippen molar-refractivity contribution < 1.29 is 4.39 Å². The smallest absolute Gasteiger partial charge is 0.134 e. The van der Waals surface area contributed by atoms with Gasteiger partial charge in [0.05, 0.1) is 10.2 Å². The molecule has 4 heteroatoms. The Bertz CT molecular complexity index is 889. The number of rotatable bonds is 3. The number of aromatic nitrogens is 1. The van der Waals surface area contributed by atoms with Gasteiger partial charge >= 0.3 is 0 Å². The maximum Gasteiger partial charge on any atom is 0.134 e. The van der Waals surface area contributed by atoms with Gasteiger partial charge in [-0.2, -0.15) is 0 Å². The molecule has 0 amide bonds. The highest BCUT2D eigenvalue weighted by atomic mass is 79.9. The third kappa shape index (κ3) is 3.40. The van der Waals surface area contributed by atoms with Gasteiger partial charge in [0.2, 0.25) is 0 Å². The molecule has 1 aliphatic rings. The lowest BCUT2D eigenvalue weighted by molar-refractivity contribution is 0.462. The van der Waals surface area contributed by atoms with Crippen molar-refractivity contribution in [2.45, 2.75) is 38.1 Å². The number of halogens is 2. The summed E-state index contributed by atoms with van der Waals surface area (Å²) >= 11 is 3.69. The van der Waals surface area contributed by atoms with Crippen molar-refractivity contribution in [1.82, 2.24) is 4.98 Å². The second-order valence-electron chi connectivity index (χ2n) is 6.66. The standard InChI is InChI=1S/C21H20BrFN2/c22-19-17-12-11-15(23)13-18(17)21(24-16-9-5-2-6-10-16)25-20(19)14-7-3-1-4-8-14/h1,3-4,7-8,11-13,16H,2,5-6,9-10H2,(H,24,25). The first kappa shape index (κ1) is 16.5. The van der Waals surface area contributed by atoms with Gasteiger partial charge < -0.3 is 5.32 Å². The summed E-state index contributed by atoms with van der Waals surface area (Å²) < 4.78 is 14.8. The number of benzene rings is 2. The largest absolute Gasteiger partial charge is 0.367 e. The summed E-state index contributed by atoms with van der Waals surface area (Å²) in [5.74, 6) is 0.545. The quantitative estimate of drug-likeness (QED) is 0.540. The van der Waals surface area contributed by atoms with Crippen molar-refractivity contribution in [3.05, 3.63) is 58.8 Å². The molecular weight excluding hydrogens is 379 g/mol. The zero-order valence-electron chi connectivity index (χ0n) is 13.9. The van der Waals surface area contributed by atoms with E-state index < -0.39 is 0 Å². The van der Waals surface area contributed by atoms with E-state index in [9.17, 15) is 4.39 Å². The Morgan fingerprint density at radius 2 is 1.72 bits per heavy atom. The van der Waals surface area contributed by atoms with Crippen LogP contribution >= 0.6 is 15.9 Å². The zero-order valence-corrected chi connectivity index (χ0v) is 15.5. The predicted molar refractivity (Wildman–Crippen MR) is 105 cm³/mol. The monoisotopic (exact) mass is 398 g/mol. The number of pyridine rings is 1. The summed E-state index contributed by atoms with van der Waals surface area (Å²) in [6, 6.07) is 15.4. The Morgan fingerprint density at radius 1 is 0.960 bits per heavy atom. The van der Waals surface area contributed by atoms with E-state index in [1.54, 1.807) is 6.07 Å². The summed E-state index contributed by atoms with van der Waals surface area (Å²) in [5, 5.41) is 5.40. The lowest BCUT2D eigenvalue weighted by Crippen LogP contribution is -2.23. The molecule has 1 heterocycles. The molecule has 1 saturated carbocycles. The highest BCUT2D eigenvalue weighted by Crippen LogP contribution is 2.37. The molecule has 2 aromatic carbocycles. The molecular formula is C21H20BrFN2. The van der Waals surface area contributed by atoms with Crippen molar-refractivity contribution in [2.24, 2.45) is 0 Å². The minimum Gasteiger partial charge on any atom is -0.367 e. The van der Waals surface area contributed by atoms with Crippen LogP contribution in [0.5, 0.6) is 0 Å². The Balaban J connectivity index is 1.86. The van der Waals surface area contributed by atoms with Crippen molar-refractivity contribution >= 4 is 32.5 Å². The molecule has 1 fully saturated rings. The molecule has 1 aliphatic carbocycles. The van der Waals surface area contributed by atoms with Crippen LogP contribution in [-0.4, -0.2) is 11.0 Å². The number of hydrogen-bond donors (Lipinski definition) is 1. The lowest BCUT2D eigenvalue weighted by Gasteiger charge is -2.24. The van der Waals surface area contributed by atoms with Gasteiger partial charge in [0, 0.05) is 22.4 Å². The highest BCUT2D eigenvalue weighted by Gasteiger charge is 2.18. The van der Waals surface area contributed by atoms with Crippen molar-refractivity contribution in [2.75, 3.05) is 5.32 Å². The van der Waals surface area contributed by atoms with Crippen LogP contribution in [0.3, 0.4) is 0 Å². The number of fused-ring (bicyclic) bond motifs is 1. The van der Waals surface area contributed by atoms with Gasteiger partial charge in [0.1, 0.15) is 11.6 Å². The van der Waals surface area contributed by atoms with Crippen LogP contribution < -0.4 is 5.32 Å². The van der Waals surface area contributed by atoms with Gasteiger partial charge in [-0.25, -0.2) is 9.37 Å². The van der Waals surface area contributed by atoms with Crippen molar-refractivity contribution in [3.8, 4) is 11.3 Å². The van der Waals surface area contributed by atoms with E-state index in [2.05, 4.69) is 21.2 Å². The number of nitrogens with one attached hydrogen (secondary N) is 1. The topological polar surface area (TPSA) is 24.9 Å². The second-order valence-corrected chi connectivity index (χ2v) is 7.45. The van der Waals surface area contributed by atoms with Gasteiger partial charge in [-0.3, -0.25) is 0 Å². The first-order valence-corrected chi connectivity index (χ1v) is 9.62. The first-order valence-electron chi connectivity index (χ1n) is 8.83. The molecule has 0 unspecified atom stereocenters. The molecule has 0 spiro atoms. The molecule has 0 bridgehead atoms. The van der Waals surface area contributed by atoms with E-state index in [1.807, 2.05) is 36.4 Å². The SMILES string of the molecule is Fc1ccc2c(Br)c(-c3ccccc3)nc(NC3CCCCC3)c2c1. The van der Waals surface area contributed by atoms with Crippen LogP contribution in [0.15, 0.2) is 53.0 Å². The van der Waals surface area contributed by atoms with E-state index in [0.717, 1.165) is 45.2 Å². The summed E-state index contributed by atoms with van der Waals surface area (Å²) in [4.78, 5) is 4.88. The van der Waals surface area contributed by atoms with Crippen LogP contribution in [0.25, 0.3) is 22.0 Å². The Morgan fingerprint density at radius 3 is 2.48 bits per heavy atom. The molecule has 0 radical (unpaired) electrons. The Kier molecular flexibility index (Phi) is 4.71. The number of hydrogen-bond acceptors (Lipinski definition) is 2. The fraction of sp³-hybridized carbons (Fsp3) is 0.286. The molecule has 2 nitrogen and oxygen atoms in total. The van der Waals surface area contributed by atoms with Gasteiger partial charge in [-0.15, -0.1) is 0 Å². The molecule has 1 N–H and O–H groups in total. The van der Waals surface area contributed by atoms with Crippen molar-refractivity contribution in [3.63, 3.8) is 0 Å². The van der Waals surface area contributed by atoms with E-state index >= 15 is 0 Å². The van der Waals surface area contributed by atoms with Crippen LogP contribution in [-0.2, 0) is 0 Å². The summed E-state index contributed by atoms with van der Waals surface area (Å²) in [5.41, 5.74) is 1.94. The fourth-order valence-corrected chi connectivity index (χ4v) is 4.25. The van der Waals surface area contributed by atoms with Gasteiger partial charge in [0.15, 0.2) is 0 Å². The van der Waals surface area contributed by atoms with Crippen LogP contribution in [0.1, 0.15) is 32.1 Å². The molecule has 128 valence electrons.